The largest absolute Gasteiger partial charge is 0.492 e. The zero-order valence-electron chi connectivity index (χ0n) is 23.3. The molecule has 0 aliphatic carbocycles. The van der Waals surface area contributed by atoms with Crippen molar-refractivity contribution in [2.75, 3.05) is 55.9 Å². The number of amides is 2. The fourth-order valence-corrected chi connectivity index (χ4v) is 4.73. The first kappa shape index (κ1) is 27.8. The Kier molecular flexibility index (Phi) is 8.54. The SMILES string of the molecule is CN(C)CCOc1cc(C(N)=O)c2ncnc(NCc3cccc(NC(=O)c4ccnc(N5CCCC5)c4)c3)c2c1. The van der Waals surface area contributed by atoms with Crippen LogP contribution in [0.2, 0.25) is 0 Å². The van der Waals surface area contributed by atoms with Gasteiger partial charge in [-0.2, -0.15) is 0 Å². The summed E-state index contributed by atoms with van der Waals surface area (Å²) in [5.74, 6) is 1.09. The van der Waals surface area contributed by atoms with Gasteiger partial charge in [-0.05, 0) is 68.9 Å². The highest BCUT2D eigenvalue weighted by molar-refractivity contribution is 6.07. The molecule has 0 spiro atoms. The maximum atomic E-state index is 13.0. The first-order valence-electron chi connectivity index (χ1n) is 13.6. The summed E-state index contributed by atoms with van der Waals surface area (Å²) < 4.78 is 5.88. The van der Waals surface area contributed by atoms with Gasteiger partial charge in [0.1, 0.15) is 30.3 Å². The Morgan fingerprint density at radius 3 is 2.66 bits per heavy atom. The van der Waals surface area contributed by atoms with Crippen LogP contribution in [0.3, 0.4) is 0 Å². The monoisotopic (exact) mass is 554 g/mol. The molecule has 1 saturated heterocycles. The Labute approximate surface area is 238 Å². The molecule has 2 aromatic carbocycles. The third kappa shape index (κ3) is 6.87. The van der Waals surface area contributed by atoms with E-state index in [0.717, 1.165) is 37.3 Å². The van der Waals surface area contributed by atoms with E-state index in [4.69, 9.17) is 10.5 Å². The van der Waals surface area contributed by atoms with E-state index in [1.54, 1.807) is 18.3 Å². The molecular weight excluding hydrogens is 520 g/mol. The number of nitrogens with two attached hydrogens (primary N) is 1. The molecule has 11 heteroatoms. The highest BCUT2D eigenvalue weighted by atomic mass is 16.5. The van der Waals surface area contributed by atoms with Crippen LogP contribution >= 0.6 is 0 Å². The second kappa shape index (κ2) is 12.6. The lowest BCUT2D eigenvalue weighted by Gasteiger charge is -2.16. The molecule has 41 heavy (non-hydrogen) atoms. The Hall–Kier alpha value is -4.77. The standard InChI is InChI=1S/C30H34N8O3/c1-37(2)12-13-41-23-16-24(28(31)39)27-25(17-23)29(35-19-34-27)33-18-20-6-5-7-22(14-20)36-30(40)21-8-9-32-26(15-21)38-10-3-4-11-38/h5-9,14-17,19H,3-4,10-13,18H2,1-2H3,(H2,31,39)(H,36,40)(H,33,34,35). The van der Waals surface area contributed by atoms with E-state index >= 15 is 0 Å². The van der Waals surface area contributed by atoms with E-state index in [0.29, 0.717) is 53.4 Å². The van der Waals surface area contributed by atoms with Crippen molar-refractivity contribution in [1.82, 2.24) is 19.9 Å². The number of pyridine rings is 1. The number of benzene rings is 2. The van der Waals surface area contributed by atoms with Crippen molar-refractivity contribution in [3.8, 4) is 5.75 Å². The second-order valence-electron chi connectivity index (χ2n) is 10.2. The van der Waals surface area contributed by atoms with Crippen molar-refractivity contribution in [1.29, 1.82) is 0 Å². The molecule has 1 fully saturated rings. The fraction of sp³-hybridized carbons (Fsp3) is 0.300. The Morgan fingerprint density at radius 2 is 1.88 bits per heavy atom. The number of hydrogen-bond donors (Lipinski definition) is 3. The maximum Gasteiger partial charge on any atom is 0.255 e. The number of likely N-dealkylation sites (N-methyl/N-ethyl adjacent to an activating group) is 1. The van der Waals surface area contributed by atoms with Gasteiger partial charge in [-0.1, -0.05) is 12.1 Å². The molecule has 0 radical (unpaired) electrons. The van der Waals surface area contributed by atoms with Crippen molar-refractivity contribution in [3.05, 3.63) is 77.7 Å². The first-order valence-corrected chi connectivity index (χ1v) is 13.6. The lowest BCUT2D eigenvalue weighted by molar-refractivity contribution is 0.0998. The average Bonchev–Trinajstić information content (AvgIpc) is 3.51. The smallest absolute Gasteiger partial charge is 0.255 e. The van der Waals surface area contributed by atoms with Crippen molar-refractivity contribution in [2.45, 2.75) is 19.4 Å². The van der Waals surface area contributed by atoms with Crippen LogP contribution in [0.1, 0.15) is 39.1 Å². The number of rotatable bonds is 11. The zero-order chi connectivity index (χ0) is 28.8. The molecule has 4 aromatic rings. The zero-order valence-corrected chi connectivity index (χ0v) is 23.3. The lowest BCUT2D eigenvalue weighted by atomic mass is 10.1. The number of primary amides is 1. The molecule has 11 nitrogen and oxygen atoms in total. The van der Waals surface area contributed by atoms with E-state index < -0.39 is 5.91 Å². The van der Waals surface area contributed by atoms with Crippen LogP contribution in [-0.2, 0) is 6.54 Å². The number of aromatic nitrogens is 3. The van der Waals surface area contributed by atoms with Gasteiger partial charge in [0.05, 0.1) is 11.1 Å². The molecule has 0 unspecified atom stereocenters. The first-order chi connectivity index (χ1) is 19.9. The van der Waals surface area contributed by atoms with Crippen LogP contribution in [0.25, 0.3) is 10.9 Å². The number of carbonyl (C=O) groups excluding carboxylic acids is 2. The minimum atomic E-state index is -0.595. The van der Waals surface area contributed by atoms with Crippen LogP contribution in [0, 0.1) is 0 Å². The summed E-state index contributed by atoms with van der Waals surface area (Å²) in [6.07, 6.45) is 5.35. The number of carbonyl (C=O) groups is 2. The summed E-state index contributed by atoms with van der Waals surface area (Å²) in [6, 6.07) is 14.6. The topological polar surface area (TPSA) is 139 Å². The molecule has 1 aliphatic heterocycles. The van der Waals surface area contributed by atoms with Crippen molar-refractivity contribution in [3.63, 3.8) is 0 Å². The van der Waals surface area contributed by atoms with Gasteiger partial charge in [0.15, 0.2) is 0 Å². The predicted octanol–water partition coefficient (Wildman–Crippen LogP) is 3.53. The highest BCUT2D eigenvalue weighted by Gasteiger charge is 2.17. The second-order valence-corrected chi connectivity index (χ2v) is 10.2. The molecular formula is C30H34N8O3. The molecule has 1 aliphatic rings. The van der Waals surface area contributed by atoms with Crippen LogP contribution in [0.15, 0.2) is 61.1 Å². The van der Waals surface area contributed by atoms with E-state index in [2.05, 4.69) is 30.5 Å². The molecule has 5 rings (SSSR count). The van der Waals surface area contributed by atoms with Crippen LogP contribution in [-0.4, -0.2) is 72.0 Å². The van der Waals surface area contributed by atoms with E-state index in [9.17, 15) is 9.59 Å². The summed E-state index contributed by atoms with van der Waals surface area (Å²) in [5, 5.41) is 6.94. The minimum absolute atomic E-state index is 0.194. The Bertz CT molecular complexity index is 1550. The van der Waals surface area contributed by atoms with Crippen molar-refractivity contribution < 1.29 is 14.3 Å². The third-order valence-corrected chi connectivity index (χ3v) is 6.87. The predicted molar refractivity (Wildman–Crippen MR) is 160 cm³/mol. The highest BCUT2D eigenvalue weighted by Crippen LogP contribution is 2.29. The molecule has 2 amide bonds. The van der Waals surface area contributed by atoms with E-state index in [1.807, 2.05) is 55.4 Å². The van der Waals surface area contributed by atoms with Gasteiger partial charge < -0.3 is 30.9 Å². The van der Waals surface area contributed by atoms with Gasteiger partial charge in [-0.25, -0.2) is 15.0 Å². The Morgan fingerprint density at radius 1 is 1.05 bits per heavy atom. The third-order valence-electron chi connectivity index (χ3n) is 6.87. The number of ether oxygens (including phenoxy) is 1. The van der Waals surface area contributed by atoms with Crippen molar-refractivity contribution in [2.24, 2.45) is 5.73 Å². The molecule has 4 N–H and O–H groups in total. The number of hydrogen-bond acceptors (Lipinski definition) is 9. The van der Waals surface area contributed by atoms with Crippen LogP contribution in [0.4, 0.5) is 17.3 Å². The molecule has 3 heterocycles. The van der Waals surface area contributed by atoms with Crippen LogP contribution in [0.5, 0.6) is 5.75 Å². The van der Waals surface area contributed by atoms with Crippen LogP contribution < -0.4 is 26.0 Å². The van der Waals surface area contributed by atoms with E-state index in [1.165, 1.54) is 6.33 Å². The quantitative estimate of drug-likeness (QED) is 0.254. The summed E-state index contributed by atoms with van der Waals surface area (Å²) in [5.41, 5.74) is 8.53. The average molecular weight is 555 g/mol. The summed E-state index contributed by atoms with van der Waals surface area (Å²) in [4.78, 5) is 42.5. The summed E-state index contributed by atoms with van der Waals surface area (Å²) >= 11 is 0. The minimum Gasteiger partial charge on any atom is -0.492 e. The molecule has 2 aromatic heterocycles. The van der Waals surface area contributed by atoms with Gasteiger partial charge in [0.2, 0.25) is 0 Å². The van der Waals surface area contributed by atoms with Gasteiger partial charge >= 0.3 is 0 Å². The maximum absolute atomic E-state index is 13.0. The fourth-order valence-electron chi connectivity index (χ4n) is 4.73. The van der Waals surface area contributed by atoms with Gasteiger partial charge in [-0.15, -0.1) is 0 Å². The number of nitrogens with zero attached hydrogens (tertiary/aromatic N) is 5. The molecule has 212 valence electrons. The summed E-state index contributed by atoms with van der Waals surface area (Å²) in [6.45, 7) is 3.51. The van der Waals surface area contributed by atoms with E-state index in [-0.39, 0.29) is 11.5 Å². The number of nitrogens with one attached hydrogen (secondary N) is 2. The molecule has 0 atom stereocenters. The molecule has 0 bridgehead atoms. The lowest BCUT2D eigenvalue weighted by Crippen LogP contribution is -2.20. The molecule has 0 saturated carbocycles. The normalized spacial score (nSPS) is 13.0. The number of anilines is 3. The Balaban J connectivity index is 1.30. The number of fused-ring (bicyclic) bond motifs is 1. The van der Waals surface area contributed by atoms with Gasteiger partial charge in [0.25, 0.3) is 11.8 Å². The summed E-state index contributed by atoms with van der Waals surface area (Å²) in [7, 11) is 3.92. The van der Waals surface area contributed by atoms with Gasteiger partial charge in [-0.3, -0.25) is 9.59 Å². The van der Waals surface area contributed by atoms with Crippen molar-refractivity contribution >= 4 is 40.0 Å². The van der Waals surface area contributed by atoms with Gasteiger partial charge in [0, 0.05) is 49.0 Å².